The van der Waals surface area contributed by atoms with E-state index in [0.717, 1.165) is 30.9 Å². The molecule has 0 aromatic carbocycles. The highest BCUT2D eigenvalue weighted by molar-refractivity contribution is 7.09. The van der Waals surface area contributed by atoms with E-state index < -0.39 is 0 Å². The van der Waals surface area contributed by atoms with Crippen LogP contribution >= 0.6 is 11.3 Å². The molecule has 1 aliphatic rings. The highest BCUT2D eigenvalue weighted by Gasteiger charge is 2.22. The van der Waals surface area contributed by atoms with Gasteiger partial charge >= 0.3 is 5.97 Å². The van der Waals surface area contributed by atoms with E-state index in [9.17, 15) is 4.79 Å². The molecule has 2 rings (SSSR count). The topological polar surface area (TPSA) is 42.4 Å². The Labute approximate surface area is 99.2 Å². The van der Waals surface area contributed by atoms with Crippen molar-refractivity contribution in [1.29, 1.82) is 0 Å². The van der Waals surface area contributed by atoms with Crippen LogP contribution in [0.4, 0.5) is 0 Å². The zero-order valence-electron chi connectivity index (χ0n) is 9.60. The summed E-state index contributed by atoms with van der Waals surface area (Å²) in [7, 11) is 3.52. The lowest BCUT2D eigenvalue weighted by atomic mass is 9.98. The number of methoxy groups -OCH3 is 1. The van der Waals surface area contributed by atoms with Crippen molar-refractivity contribution in [2.24, 2.45) is 0 Å². The molecule has 4 nitrogen and oxygen atoms in total. The van der Waals surface area contributed by atoms with Gasteiger partial charge in [0.15, 0.2) is 5.69 Å². The van der Waals surface area contributed by atoms with Gasteiger partial charge in [0.2, 0.25) is 0 Å². The number of hydrogen-bond acceptors (Lipinski definition) is 5. The molecule has 1 aliphatic heterocycles. The van der Waals surface area contributed by atoms with Crippen molar-refractivity contribution in [3.63, 3.8) is 0 Å². The predicted molar refractivity (Wildman–Crippen MR) is 62.9 cm³/mol. The number of nitrogens with zero attached hydrogens (tertiary/aromatic N) is 2. The van der Waals surface area contributed by atoms with Crippen LogP contribution in [-0.2, 0) is 4.74 Å². The van der Waals surface area contributed by atoms with Crippen molar-refractivity contribution >= 4 is 17.3 Å². The fraction of sp³-hybridized carbons (Fsp3) is 0.636. The maximum Gasteiger partial charge on any atom is 0.357 e. The lowest BCUT2D eigenvalue weighted by molar-refractivity contribution is 0.0594. The Balaban J connectivity index is 2.04. The second kappa shape index (κ2) is 4.93. The Kier molecular flexibility index (Phi) is 3.56. The first-order chi connectivity index (χ1) is 7.70. The van der Waals surface area contributed by atoms with Crippen LogP contribution in [0.25, 0.3) is 0 Å². The third-order valence-corrected chi connectivity index (χ3v) is 3.99. The molecule has 0 aliphatic carbocycles. The third-order valence-electron chi connectivity index (χ3n) is 2.98. The molecule has 16 heavy (non-hydrogen) atoms. The summed E-state index contributed by atoms with van der Waals surface area (Å²) < 4.78 is 4.65. The van der Waals surface area contributed by atoms with E-state index in [2.05, 4.69) is 21.7 Å². The van der Waals surface area contributed by atoms with Crippen molar-refractivity contribution in [2.75, 3.05) is 27.2 Å². The maximum absolute atomic E-state index is 11.3. The first-order valence-corrected chi connectivity index (χ1v) is 6.31. The number of hydrogen-bond donors (Lipinski definition) is 0. The number of rotatable bonds is 2. The first kappa shape index (κ1) is 11.5. The standard InChI is InChI=1S/C11H16N2O2S/c1-13-5-3-8(4-6-13)10-12-9(7-16-10)11(14)15-2/h7-8H,3-6H2,1-2H3. The SMILES string of the molecule is COC(=O)c1csc(C2CCN(C)CC2)n1. The van der Waals surface area contributed by atoms with Crippen LogP contribution < -0.4 is 0 Å². The van der Waals surface area contributed by atoms with Crippen molar-refractivity contribution in [3.8, 4) is 0 Å². The summed E-state index contributed by atoms with van der Waals surface area (Å²) in [4.78, 5) is 18.0. The summed E-state index contributed by atoms with van der Waals surface area (Å²) in [6.45, 7) is 2.22. The Morgan fingerprint density at radius 2 is 2.25 bits per heavy atom. The van der Waals surface area contributed by atoms with Crippen molar-refractivity contribution in [3.05, 3.63) is 16.1 Å². The average molecular weight is 240 g/mol. The number of carbonyl (C=O) groups is 1. The van der Waals surface area contributed by atoms with Crippen LogP contribution in [0.5, 0.6) is 0 Å². The van der Waals surface area contributed by atoms with Crippen LogP contribution in [0.2, 0.25) is 0 Å². The van der Waals surface area contributed by atoms with Gasteiger partial charge in [-0.3, -0.25) is 0 Å². The summed E-state index contributed by atoms with van der Waals surface area (Å²) in [5.41, 5.74) is 0.446. The van der Waals surface area contributed by atoms with E-state index >= 15 is 0 Å². The van der Waals surface area contributed by atoms with E-state index in [-0.39, 0.29) is 5.97 Å². The highest BCUT2D eigenvalue weighted by Crippen LogP contribution is 2.29. The van der Waals surface area contributed by atoms with Crippen LogP contribution in [0.1, 0.15) is 34.3 Å². The zero-order chi connectivity index (χ0) is 11.5. The van der Waals surface area contributed by atoms with E-state index in [1.165, 1.54) is 7.11 Å². The third kappa shape index (κ3) is 2.41. The molecule has 2 heterocycles. The number of aromatic nitrogens is 1. The normalized spacial score (nSPS) is 18.6. The fourth-order valence-electron chi connectivity index (χ4n) is 1.93. The van der Waals surface area contributed by atoms with Gasteiger partial charge in [0.25, 0.3) is 0 Å². The van der Waals surface area contributed by atoms with E-state index in [0.29, 0.717) is 11.6 Å². The summed E-state index contributed by atoms with van der Waals surface area (Å²) in [5.74, 6) is 0.176. The fourth-order valence-corrected chi connectivity index (χ4v) is 2.89. The highest BCUT2D eigenvalue weighted by atomic mass is 32.1. The second-order valence-corrected chi connectivity index (χ2v) is 5.03. The second-order valence-electron chi connectivity index (χ2n) is 4.14. The lowest BCUT2D eigenvalue weighted by Crippen LogP contribution is -2.29. The molecule has 1 aromatic rings. The van der Waals surface area contributed by atoms with Gasteiger partial charge in [-0.15, -0.1) is 11.3 Å². The monoisotopic (exact) mass is 240 g/mol. The number of ether oxygens (including phenoxy) is 1. The van der Waals surface area contributed by atoms with E-state index in [1.54, 1.807) is 16.7 Å². The molecular weight excluding hydrogens is 224 g/mol. The predicted octanol–water partition coefficient (Wildman–Crippen LogP) is 1.74. The van der Waals surface area contributed by atoms with E-state index in [1.807, 2.05) is 0 Å². The smallest absolute Gasteiger partial charge is 0.357 e. The molecule has 1 fully saturated rings. The van der Waals surface area contributed by atoms with E-state index in [4.69, 9.17) is 0 Å². The Hall–Kier alpha value is -0.940. The Bertz CT molecular complexity index is 370. The molecule has 88 valence electrons. The molecule has 0 spiro atoms. The van der Waals surface area contributed by atoms with Crippen LogP contribution in [0, 0.1) is 0 Å². The maximum atomic E-state index is 11.3. The molecule has 0 atom stereocenters. The largest absolute Gasteiger partial charge is 0.464 e. The summed E-state index contributed by atoms with van der Waals surface area (Å²) in [6.07, 6.45) is 2.26. The molecule has 0 radical (unpaired) electrons. The molecule has 0 saturated carbocycles. The van der Waals surface area contributed by atoms with Crippen molar-refractivity contribution in [2.45, 2.75) is 18.8 Å². The number of likely N-dealkylation sites (tertiary alicyclic amines) is 1. The van der Waals surface area contributed by atoms with Gasteiger partial charge in [0.1, 0.15) is 0 Å². The summed E-state index contributed by atoms with van der Waals surface area (Å²) in [5, 5.41) is 2.87. The average Bonchev–Trinajstić information content (AvgIpc) is 2.78. The van der Waals surface area contributed by atoms with Crippen LogP contribution in [-0.4, -0.2) is 43.1 Å². The molecule has 0 unspecified atom stereocenters. The van der Waals surface area contributed by atoms with Gasteiger partial charge in [-0.05, 0) is 33.0 Å². The molecular formula is C11H16N2O2S. The summed E-state index contributed by atoms with van der Waals surface area (Å²) >= 11 is 1.57. The van der Waals surface area contributed by atoms with Gasteiger partial charge < -0.3 is 9.64 Å². The van der Waals surface area contributed by atoms with Gasteiger partial charge in [-0.25, -0.2) is 9.78 Å². The molecule has 1 saturated heterocycles. The van der Waals surface area contributed by atoms with Gasteiger partial charge in [-0.2, -0.15) is 0 Å². The molecule has 5 heteroatoms. The number of thiazole rings is 1. The number of carbonyl (C=O) groups excluding carboxylic acids is 1. The Morgan fingerprint density at radius 3 is 2.88 bits per heavy atom. The lowest BCUT2D eigenvalue weighted by Gasteiger charge is -2.27. The molecule has 0 amide bonds. The molecule has 0 bridgehead atoms. The number of piperidine rings is 1. The quantitative estimate of drug-likeness (QED) is 0.738. The number of esters is 1. The van der Waals surface area contributed by atoms with Gasteiger partial charge in [-0.1, -0.05) is 0 Å². The molecule has 1 aromatic heterocycles. The van der Waals surface area contributed by atoms with Crippen LogP contribution in [0.3, 0.4) is 0 Å². The van der Waals surface area contributed by atoms with Gasteiger partial charge in [0, 0.05) is 11.3 Å². The molecule has 0 N–H and O–H groups in total. The first-order valence-electron chi connectivity index (χ1n) is 5.43. The minimum atomic E-state index is -0.338. The Morgan fingerprint density at radius 1 is 1.56 bits per heavy atom. The minimum absolute atomic E-state index is 0.338. The summed E-state index contributed by atoms with van der Waals surface area (Å²) in [6, 6.07) is 0. The zero-order valence-corrected chi connectivity index (χ0v) is 10.4. The van der Waals surface area contributed by atoms with Gasteiger partial charge in [0.05, 0.1) is 12.1 Å². The minimum Gasteiger partial charge on any atom is -0.464 e. The van der Waals surface area contributed by atoms with Crippen molar-refractivity contribution < 1.29 is 9.53 Å². The van der Waals surface area contributed by atoms with Crippen LogP contribution in [0.15, 0.2) is 5.38 Å². The van der Waals surface area contributed by atoms with Crippen molar-refractivity contribution in [1.82, 2.24) is 9.88 Å².